The first-order valence-electron chi connectivity index (χ1n) is 21.8. The number of aliphatic hydroxyl groups is 1. The third kappa shape index (κ3) is 10.6. The number of nitrogens with two attached hydrogens (primary N) is 1. The average Bonchev–Trinajstić information content (AvgIpc) is 3.75. The minimum atomic E-state index is -0.842. The van der Waals surface area contributed by atoms with Crippen molar-refractivity contribution in [2.45, 2.75) is 76.0 Å². The van der Waals surface area contributed by atoms with Gasteiger partial charge in [-0.05, 0) is 84.8 Å². The number of benzene rings is 5. The Labute approximate surface area is 355 Å². The molecule has 7 rings (SSSR count). The molecule has 6 aromatic rings. The van der Waals surface area contributed by atoms with Crippen LogP contribution in [0.15, 0.2) is 150 Å². The van der Waals surface area contributed by atoms with Crippen LogP contribution in [0.2, 0.25) is 0 Å². The normalized spacial score (nSPS) is 15.1. The molecule has 2 atom stereocenters. The third-order valence-corrected chi connectivity index (χ3v) is 12.3. The topological polar surface area (TPSA) is 112 Å². The van der Waals surface area contributed by atoms with Crippen molar-refractivity contribution in [2.24, 2.45) is 11.7 Å². The zero-order chi connectivity index (χ0) is 41.6. The highest BCUT2D eigenvalue weighted by Gasteiger charge is 2.49. The molecule has 1 fully saturated rings. The fourth-order valence-corrected chi connectivity index (χ4v) is 9.28. The summed E-state index contributed by atoms with van der Waals surface area (Å²) in [5.74, 6) is 0.439. The molecule has 1 aliphatic rings. The van der Waals surface area contributed by atoms with Crippen molar-refractivity contribution in [3.8, 4) is 5.75 Å². The number of likely N-dealkylation sites (tertiary alicyclic amines) is 1. The number of nitrogens with one attached hydrogen (secondary N) is 1. The molecule has 312 valence electrons. The number of ether oxygens (including phenoxy) is 1. The summed E-state index contributed by atoms with van der Waals surface area (Å²) >= 11 is 0. The Kier molecular flexibility index (Phi) is 15.0. The van der Waals surface area contributed by atoms with Gasteiger partial charge in [0.15, 0.2) is 0 Å². The van der Waals surface area contributed by atoms with Gasteiger partial charge in [0.25, 0.3) is 0 Å². The first-order chi connectivity index (χ1) is 29.4. The van der Waals surface area contributed by atoms with E-state index in [2.05, 4.69) is 63.3 Å². The van der Waals surface area contributed by atoms with Gasteiger partial charge in [0.05, 0.1) is 11.6 Å². The Balaban J connectivity index is 0.880. The SMILES string of the molecule is NC(=O)C(c1ccccc1)(c1ccccc1)C1CCN(CCCCCCCCCN(Cc2ccccc2)C[C@@H](O)c2ccc(OCc3ccccc3)c3[nH]c(=O)ccc23)C1. The molecule has 1 aliphatic heterocycles. The molecule has 2 heterocycles. The van der Waals surface area contributed by atoms with Gasteiger partial charge in [0, 0.05) is 31.1 Å². The highest BCUT2D eigenvalue weighted by Crippen LogP contribution is 2.43. The molecular formula is C52H60N4O4. The predicted octanol–water partition coefficient (Wildman–Crippen LogP) is 9.17. The lowest BCUT2D eigenvalue weighted by Crippen LogP contribution is -2.49. The third-order valence-electron chi connectivity index (χ3n) is 12.3. The van der Waals surface area contributed by atoms with Gasteiger partial charge in [0.2, 0.25) is 11.5 Å². The molecule has 5 aromatic carbocycles. The van der Waals surface area contributed by atoms with Crippen molar-refractivity contribution >= 4 is 16.8 Å². The Morgan fingerprint density at radius 3 is 1.97 bits per heavy atom. The molecule has 1 aromatic heterocycles. The van der Waals surface area contributed by atoms with Crippen LogP contribution in [0.25, 0.3) is 10.9 Å². The second kappa shape index (κ2) is 21.1. The van der Waals surface area contributed by atoms with Crippen LogP contribution in [0, 0.1) is 5.92 Å². The smallest absolute Gasteiger partial charge is 0.248 e. The van der Waals surface area contributed by atoms with Crippen LogP contribution in [-0.2, 0) is 23.4 Å². The Morgan fingerprint density at radius 2 is 1.33 bits per heavy atom. The number of amides is 1. The van der Waals surface area contributed by atoms with Gasteiger partial charge < -0.3 is 25.5 Å². The lowest BCUT2D eigenvalue weighted by Gasteiger charge is -2.37. The second-order valence-corrected chi connectivity index (χ2v) is 16.4. The summed E-state index contributed by atoms with van der Waals surface area (Å²) < 4.78 is 6.16. The lowest BCUT2D eigenvalue weighted by molar-refractivity contribution is -0.123. The van der Waals surface area contributed by atoms with Gasteiger partial charge in [-0.2, -0.15) is 0 Å². The number of H-pyrrole nitrogens is 1. The van der Waals surface area contributed by atoms with Crippen molar-refractivity contribution in [3.05, 3.63) is 184 Å². The summed E-state index contributed by atoms with van der Waals surface area (Å²) in [7, 11) is 0. The lowest BCUT2D eigenvalue weighted by atomic mass is 9.64. The van der Waals surface area contributed by atoms with Crippen LogP contribution in [0.4, 0.5) is 0 Å². The zero-order valence-electron chi connectivity index (χ0n) is 34.8. The largest absolute Gasteiger partial charge is 0.487 e. The quantitative estimate of drug-likeness (QED) is 0.0591. The number of primary amides is 1. The Bertz CT molecular complexity index is 2240. The number of aromatic amines is 1. The number of carbonyl (C=O) groups excluding carboxylic acids is 1. The van der Waals surface area contributed by atoms with E-state index in [0.29, 0.717) is 24.4 Å². The average molecular weight is 805 g/mol. The maximum Gasteiger partial charge on any atom is 0.248 e. The molecule has 1 unspecified atom stereocenters. The number of unbranched alkanes of at least 4 members (excludes halogenated alkanes) is 6. The first-order valence-corrected chi connectivity index (χ1v) is 21.8. The number of aliphatic hydroxyl groups excluding tert-OH is 1. The molecule has 0 saturated carbocycles. The van der Waals surface area contributed by atoms with E-state index in [1.54, 1.807) is 6.07 Å². The van der Waals surface area contributed by atoms with Gasteiger partial charge >= 0.3 is 0 Å². The van der Waals surface area contributed by atoms with Crippen molar-refractivity contribution in [1.82, 2.24) is 14.8 Å². The molecule has 1 saturated heterocycles. The van der Waals surface area contributed by atoms with E-state index in [9.17, 15) is 14.7 Å². The number of rotatable bonds is 22. The number of carbonyl (C=O) groups is 1. The van der Waals surface area contributed by atoms with Gasteiger partial charge in [-0.1, -0.05) is 159 Å². The number of fused-ring (bicyclic) bond motifs is 1. The van der Waals surface area contributed by atoms with Gasteiger partial charge in [-0.3, -0.25) is 14.5 Å². The second-order valence-electron chi connectivity index (χ2n) is 16.4. The van der Waals surface area contributed by atoms with Gasteiger partial charge in [0.1, 0.15) is 17.8 Å². The molecular weight excluding hydrogens is 745 g/mol. The van der Waals surface area contributed by atoms with E-state index in [4.69, 9.17) is 10.5 Å². The molecule has 0 aliphatic carbocycles. The summed E-state index contributed by atoms with van der Waals surface area (Å²) in [6, 6.07) is 47.7. The van der Waals surface area contributed by atoms with Crippen LogP contribution in [0.3, 0.4) is 0 Å². The maximum atomic E-state index is 13.4. The molecule has 8 heteroatoms. The highest BCUT2D eigenvalue weighted by atomic mass is 16.5. The highest BCUT2D eigenvalue weighted by molar-refractivity contribution is 5.91. The van der Waals surface area contributed by atoms with Crippen LogP contribution in [-0.4, -0.2) is 58.5 Å². The molecule has 0 radical (unpaired) electrons. The number of hydrogen-bond acceptors (Lipinski definition) is 6. The minimum Gasteiger partial charge on any atom is -0.487 e. The molecule has 0 spiro atoms. The summed E-state index contributed by atoms with van der Waals surface area (Å²) in [6.45, 7) is 5.38. The van der Waals surface area contributed by atoms with Gasteiger partial charge in [-0.25, -0.2) is 0 Å². The Hall–Kier alpha value is -5.54. The zero-order valence-corrected chi connectivity index (χ0v) is 34.8. The molecule has 8 nitrogen and oxygen atoms in total. The number of nitrogens with zero attached hydrogens (tertiary/aromatic N) is 2. The number of hydrogen-bond donors (Lipinski definition) is 3. The first kappa shape index (κ1) is 42.6. The van der Waals surface area contributed by atoms with E-state index >= 15 is 0 Å². The van der Waals surface area contributed by atoms with Crippen molar-refractivity contribution in [3.63, 3.8) is 0 Å². The Morgan fingerprint density at radius 1 is 0.750 bits per heavy atom. The standard InChI is InChI=1S/C52H60N4O4/c53-51(59)52(42-24-14-8-15-25-42,43-26-16-9-17-27-43)44-32-35-55(37-44)33-18-4-2-1-3-5-19-34-56(36-40-20-10-6-11-21-40)38-47(57)45-28-30-48(50-46(45)29-31-49(58)54-50)60-39-41-22-12-7-13-23-41/h6-17,20-31,44,47,57H,1-5,18-19,32-39H2,(H2,53,59)(H,54,58)/t44?,47-/m1/s1. The predicted molar refractivity (Wildman–Crippen MR) is 242 cm³/mol. The fourth-order valence-electron chi connectivity index (χ4n) is 9.28. The monoisotopic (exact) mass is 804 g/mol. The van der Waals surface area contributed by atoms with Crippen LogP contribution >= 0.6 is 0 Å². The summed E-state index contributed by atoms with van der Waals surface area (Å²) in [6.07, 6.45) is 8.34. The van der Waals surface area contributed by atoms with Crippen molar-refractivity contribution in [1.29, 1.82) is 0 Å². The molecule has 1 amide bonds. The number of pyridine rings is 1. The summed E-state index contributed by atoms with van der Waals surface area (Å²) in [5, 5.41) is 12.5. The number of aromatic nitrogens is 1. The van der Waals surface area contributed by atoms with Crippen molar-refractivity contribution < 1.29 is 14.6 Å². The summed E-state index contributed by atoms with van der Waals surface area (Å²) in [5.41, 5.74) is 10.9. The van der Waals surface area contributed by atoms with E-state index in [0.717, 1.165) is 86.0 Å². The molecule has 0 bridgehead atoms. The van der Waals surface area contributed by atoms with E-state index in [1.165, 1.54) is 37.3 Å². The van der Waals surface area contributed by atoms with E-state index in [-0.39, 0.29) is 17.4 Å². The summed E-state index contributed by atoms with van der Waals surface area (Å²) in [4.78, 5) is 33.7. The van der Waals surface area contributed by atoms with E-state index in [1.807, 2.05) is 84.9 Å². The minimum absolute atomic E-state index is 0.123. The van der Waals surface area contributed by atoms with Crippen LogP contribution in [0.1, 0.15) is 85.3 Å². The van der Waals surface area contributed by atoms with Crippen LogP contribution in [0.5, 0.6) is 5.75 Å². The molecule has 4 N–H and O–H groups in total. The fraction of sp³-hybridized carbons (Fsp3) is 0.346. The molecule has 60 heavy (non-hydrogen) atoms. The van der Waals surface area contributed by atoms with Gasteiger partial charge in [-0.15, -0.1) is 0 Å². The van der Waals surface area contributed by atoms with Crippen LogP contribution < -0.4 is 16.0 Å². The van der Waals surface area contributed by atoms with Crippen molar-refractivity contribution in [2.75, 3.05) is 32.7 Å². The maximum absolute atomic E-state index is 13.4. The van der Waals surface area contributed by atoms with E-state index < -0.39 is 11.5 Å².